The first kappa shape index (κ1) is 34.1. The molecule has 2 N–H and O–H groups in total. The van der Waals surface area contributed by atoms with Crippen LogP contribution in [0.5, 0.6) is 0 Å². The molecule has 0 aliphatic rings. The van der Waals surface area contributed by atoms with E-state index in [9.17, 15) is 9.59 Å². The van der Waals surface area contributed by atoms with Gasteiger partial charge in [-0.05, 0) is 59.2 Å². The highest BCUT2D eigenvalue weighted by molar-refractivity contribution is 5.68. The number of rotatable bonds is 15. The Balaban J connectivity index is 2.07. The molecule has 0 radical (unpaired) electrons. The van der Waals surface area contributed by atoms with E-state index in [0.717, 1.165) is 11.1 Å². The van der Waals surface area contributed by atoms with Crippen LogP contribution >= 0.6 is 0 Å². The summed E-state index contributed by atoms with van der Waals surface area (Å²) in [4.78, 5) is 27.4. The Morgan fingerprint density at radius 1 is 0.683 bits per heavy atom. The van der Waals surface area contributed by atoms with Crippen LogP contribution < -0.4 is 10.6 Å². The maximum absolute atomic E-state index is 12.6. The highest BCUT2D eigenvalue weighted by Crippen LogP contribution is 2.10. The molecule has 0 saturated heterocycles. The Bertz CT molecular complexity index is 940. The number of nitrogens with one attached hydrogen (secondary N) is 2. The molecule has 2 amide bonds. The molecule has 228 valence electrons. The number of hydrogen-bond donors (Lipinski definition) is 2. The van der Waals surface area contributed by atoms with Gasteiger partial charge in [-0.1, -0.05) is 67.6 Å². The summed E-state index contributed by atoms with van der Waals surface area (Å²) in [7, 11) is 0. The number of ether oxygens (including phenoxy) is 4. The highest BCUT2D eigenvalue weighted by atomic mass is 16.6. The molecule has 0 spiro atoms. The summed E-state index contributed by atoms with van der Waals surface area (Å²) in [6, 6.07) is 19.1. The lowest BCUT2D eigenvalue weighted by atomic mass is 10.2. The zero-order valence-corrected chi connectivity index (χ0v) is 25.8. The molecule has 2 aromatic rings. The van der Waals surface area contributed by atoms with E-state index in [0.29, 0.717) is 46.1 Å². The van der Waals surface area contributed by atoms with Gasteiger partial charge >= 0.3 is 12.2 Å². The second-order valence-electron chi connectivity index (χ2n) is 12.0. The normalized spacial score (nSPS) is 13.4. The maximum atomic E-state index is 12.6. The van der Waals surface area contributed by atoms with Crippen LogP contribution in [0.4, 0.5) is 9.59 Å². The smallest absolute Gasteiger partial charge is 0.407 e. The van der Waals surface area contributed by atoms with Crippen LogP contribution in [0.2, 0.25) is 0 Å². The largest absolute Gasteiger partial charge is 0.444 e. The van der Waals surface area contributed by atoms with Crippen molar-refractivity contribution in [3.63, 3.8) is 0 Å². The van der Waals surface area contributed by atoms with Crippen LogP contribution in [-0.4, -0.2) is 73.2 Å². The monoisotopic (exact) mass is 571 g/mol. The van der Waals surface area contributed by atoms with Crippen LogP contribution in [0.15, 0.2) is 60.7 Å². The Morgan fingerprint density at radius 2 is 1.05 bits per heavy atom. The van der Waals surface area contributed by atoms with Crippen molar-refractivity contribution in [2.24, 2.45) is 0 Å². The molecule has 2 aromatic carbocycles. The van der Waals surface area contributed by atoms with E-state index in [4.69, 9.17) is 18.9 Å². The molecular weight excluding hydrogens is 522 g/mol. The Hall–Kier alpha value is -3.14. The standard InChI is InChI=1S/C32H49N3O6/c1-8-35(19-27(33-29(36)40-31(2,3)4)23-38-21-25-15-11-9-12-16-25)20-28(34-30(37)41-32(5,6)7)24-39-22-26-17-13-10-14-18-26/h9-18,27-28H,8,19-24H2,1-7H3,(H,33,36)(H,34,37)/t27-,28?/m0/s1. The minimum absolute atomic E-state index is 0.291. The first-order valence-corrected chi connectivity index (χ1v) is 14.3. The van der Waals surface area contributed by atoms with Crippen molar-refractivity contribution in [3.8, 4) is 0 Å². The van der Waals surface area contributed by atoms with Gasteiger partial charge in [0.05, 0.1) is 38.5 Å². The van der Waals surface area contributed by atoms with Gasteiger partial charge in [0.15, 0.2) is 0 Å². The molecule has 2 atom stereocenters. The van der Waals surface area contributed by atoms with Crippen molar-refractivity contribution in [1.29, 1.82) is 0 Å². The molecule has 0 aliphatic carbocycles. The van der Waals surface area contributed by atoms with Crippen LogP contribution in [0.25, 0.3) is 0 Å². The third-order valence-electron chi connectivity index (χ3n) is 5.71. The zero-order valence-electron chi connectivity index (χ0n) is 25.8. The van der Waals surface area contributed by atoms with E-state index in [1.807, 2.05) is 109 Å². The first-order valence-electron chi connectivity index (χ1n) is 14.3. The van der Waals surface area contributed by atoms with E-state index < -0.39 is 23.4 Å². The van der Waals surface area contributed by atoms with Gasteiger partial charge < -0.3 is 29.6 Å². The lowest BCUT2D eigenvalue weighted by molar-refractivity contribution is 0.0336. The van der Waals surface area contributed by atoms with Gasteiger partial charge in [-0.25, -0.2) is 9.59 Å². The molecule has 9 nitrogen and oxygen atoms in total. The van der Waals surface area contributed by atoms with Crippen molar-refractivity contribution < 1.29 is 28.5 Å². The van der Waals surface area contributed by atoms with Crippen LogP contribution in [0.3, 0.4) is 0 Å². The Kier molecular flexibility index (Phi) is 14.1. The molecule has 0 fully saturated rings. The number of likely N-dealkylation sites (N-methyl/N-ethyl adjacent to an activating group) is 1. The van der Waals surface area contributed by atoms with Crippen molar-refractivity contribution in [2.75, 3.05) is 32.8 Å². The second kappa shape index (κ2) is 17.0. The molecule has 0 bridgehead atoms. The Morgan fingerprint density at radius 3 is 1.37 bits per heavy atom. The minimum Gasteiger partial charge on any atom is -0.444 e. The van der Waals surface area contributed by atoms with Crippen molar-refractivity contribution >= 4 is 12.2 Å². The van der Waals surface area contributed by atoms with Crippen LogP contribution in [0.1, 0.15) is 59.6 Å². The van der Waals surface area contributed by atoms with E-state index in [1.54, 1.807) is 0 Å². The third kappa shape index (κ3) is 16.0. The Labute approximate surface area is 245 Å². The second-order valence-corrected chi connectivity index (χ2v) is 12.0. The molecule has 41 heavy (non-hydrogen) atoms. The number of amides is 2. The molecular formula is C32H49N3O6. The molecule has 0 heterocycles. The first-order chi connectivity index (χ1) is 19.3. The fourth-order valence-electron chi connectivity index (χ4n) is 3.97. The average molecular weight is 572 g/mol. The quantitative estimate of drug-likeness (QED) is 0.290. The summed E-state index contributed by atoms with van der Waals surface area (Å²) in [5.41, 5.74) is 0.853. The van der Waals surface area contributed by atoms with Crippen molar-refractivity contribution in [3.05, 3.63) is 71.8 Å². The van der Waals surface area contributed by atoms with Gasteiger partial charge in [0.2, 0.25) is 0 Å². The predicted molar refractivity (Wildman–Crippen MR) is 161 cm³/mol. The zero-order chi connectivity index (χ0) is 30.3. The predicted octanol–water partition coefficient (Wildman–Crippen LogP) is 5.53. The molecule has 0 saturated carbocycles. The van der Waals surface area contributed by atoms with E-state index in [2.05, 4.69) is 15.5 Å². The maximum Gasteiger partial charge on any atom is 0.407 e. The number of alkyl carbamates (subject to hydrolysis) is 2. The number of carbonyl (C=O) groups excluding carboxylic acids is 2. The van der Waals surface area contributed by atoms with Gasteiger partial charge in [-0.15, -0.1) is 0 Å². The van der Waals surface area contributed by atoms with Gasteiger partial charge in [0.1, 0.15) is 11.2 Å². The van der Waals surface area contributed by atoms with E-state index in [1.165, 1.54) is 0 Å². The molecule has 1 unspecified atom stereocenters. The van der Waals surface area contributed by atoms with E-state index >= 15 is 0 Å². The fourth-order valence-corrected chi connectivity index (χ4v) is 3.97. The summed E-state index contributed by atoms with van der Waals surface area (Å²) in [5, 5.41) is 5.93. The molecule has 9 heteroatoms. The third-order valence-corrected chi connectivity index (χ3v) is 5.71. The number of benzene rings is 2. The van der Waals surface area contributed by atoms with E-state index in [-0.39, 0.29) is 12.1 Å². The summed E-state index contributed by atoms with van der Waals surface area (Å²) in [6.45, 7) is 16.1. The summed E-state index contributed by atoms with van der Waals surface area (Å²) in [5.74, 6) is 0. The molecule has 0 aliphatic heterocycles. The van der Waals surface area contributed by atoms with Gasteiger partial charge in [-0.3, -0.25) is 4.90 Å². The summed E-state index contributed by atoms with van der Waals surface area (Å²) < 4.78 is 23.0. The number of hydrogen-bond acceptors (Lipinski definition) is 7. The summed E-state index contributed by atoms with van der Waals surface area (Å²) >= 11 is 0. The van der Waals surface area contributed by atoms with Crippen molar-refractivity contribution in [2.45, 2.75) is 85.0 Å². The van der Waals surface area contributed by atoms with Crippen molar-refractivity contribution in [1.82, 2.24) is 15.5 Å². The van der Waals surface area contributed by atoms with Crippen LogP contribution in [-0.2, 0) is 32.2 Å². The number of nitrogens with zero attached hydrogens (tertiary/aromatic N) is 1. The topological polar surface area (TPSA) is 98.4 Å². The molecule has 0 aromatic heterocycles. The van der Waals surface area contributed by atoms with Crippen LogP contribution in [0, 0.1) is 0 Å². The average Bonchev–Trinajstić information content (AvgIpc) is 2.87. The SMILES string of the molecule is CCN(CC(COCc1ccccc1)NC(=O)OC(C)(C)C)C[C@@H](COCc1ccccc1)NC(=O)OC(C)(C)C. The van der Waals surface area contributed by atoms with Gasteiger partial charge in [0, 0.05) is 13.1 Å². The van der Waals surface area contributed by atoms with Gasteiger partial charge in [0.25, 0.3) is 0 Å². The van der Waals surface area contributed by atoms with Gasteiger partial charge in [-0.2, -0.15) is 0 Å². The number of carbonyl (C=O) groups is 2. The minimum atomic E-state index is -0.623. The fraction of sp³-hybridized carbons (Fsp3) is 0.562. The lowest BCUT2D eigenvalue weighted by Gasteiger charge is -2.31. The highest BCUT2D eigenvalue weighted by Gasteiger charge is 2.25. The molecule has 2 rings (SSSR count). The lowest BCUT2D eigenvalue weighted by Crippen LogP contribution is -2.52. The summed E-state index contributed by atoms with van der Waals surface area (Å²) in [6.07, 6.45) is -1.01.